The molecule has 3 aromatic carbocycles. The summed E-state index contributed by atoms with van der Waals surface area (Å²) in [7, 11) is -4.43. The van der Waals surface area contributed by atoms with Gasteiger partial charge in [0.05, 0.1) is 18.9 Å². The standard InChI is InChI=1S/C30H31FN3O9P/c1-30(2,28(37)40-17-19-9-4-3-5-10-19)33-44(39,43-24-14-8-12-20-11-6-7-13-21(20)24)41-18-25-23(35)15-26(42-25)34-16-22(31)27(36)32-29(34)38/h3-14,16,23,25-26,35H,15,17-18H2,1-2H3,(H,33,39)(H,32,36,38)/t23?,25-,26-,44?/m1/s1. The highest BCUT2D eigenvalue weighted by atomic mass is 31.2. The van der Waals surface area contributed by atoms with Gasteiger partial charge in [-0.25, -0.2) is 9.36 Å². The van der Waals surface area contributed by atoms with E-state index < -0.39 is 61.4 Å². The highest BCUT2D eigenvalue weighted by molar-refractivity contribution is 7.52. The largest absolute Gasteiger partial charge is 0.459 e. The number of benzene rings is 3. The second kappa shape index (κ2) is 12.8. The molecule has 1 fully saturated rings. The van der Waals surface area contributed by atoms with Crippen LogP contribution in [0.3, 0.4) is 0 Å². The number of esters is 1. The van der Waals surface area contributed by atoms with Gasteiger partial charge in [0.25, 0.3) is 5.56 Å². The molecule has 3 N–H and O–H groups in total. The molecule has 0 amide bonds. The highest BCUT2D eigenvalue weighted by Crippen LogP contribution is 2.48. The van der Waals surface area contributed by atoms with E-state index in [4.69, 9.17) is 18.5 Å². The lowest BCUT2D eigenvalue weighted by atomic mass is 10.1. The summed E-state index contributed by atoms with van der Waals surface area (Å²) in [6.45, 7) is 2.38. The number of rotatable bonds is 11. The van der Waals surface area contributed by atoms with Crippen molar-refractivity contribution >= 4 is 24.5 Å². The molecule has 4 atom stereocenters. The average Bonchev–Trinajstić information content (AvgIpc) is 3.37. The van der Waals surface area contributed by atoms with E-state index in [9.17, 15) is 28.4 Å². The number of aromatic amines is 1. The predicted octanol–water partition coefficient (Wildman–Crippen LogP) is 3.79. The van der Waals surface area contributed by atoms with Crippen LogP contribution in [0.1, 0.15) is 32.1 Å². The topological polar surface area (TPSA) is 158 Å². The molecule has 0 saturated carbocycles. The van der Waals surface area contributed by atoms with E-state index in [2.05, 4.69) is 5.09 Å². The van der Waals surface area contributed by atoms with E-state index in [1.54, 1.807) is 48.5 Å². The molecule has 1 aromatic heterocycles. The van der Waals surface area contributed by atoms with Crippen molar-refractivity contribution in [1.29, 1.82) is 0 Å². The summed E-state index contributed by atoms with van der Waals surface area (Å²) >= 11 is 0. The number of fused-ring (bicyclic) bond motifs is 1. The zero-order valence-corrected chi connectivity index (χ0v) is 24.7. The molecule has 4 aromatic rings. The molecule has 1 aliphatic rings. The Morgan fingerprint density at radius 1 is 1.11 bits per heavy atom. The second-order valence-electron chi connectivity index (χ2n) is 10.7. The Balaban J connectivity index is 1.36. The summed E-state index contributed by atoms with van der Waals surface area (Å²) in [6, 6.07) is 21.4. The van der Waals surface area contributed by atoms with Gasteiger partial charge in [-0.05, 0) is 30.9 Å². The minimum absolute atomic E-state index is 0.0195. The molecule has 0 bridgehead atoms. The van der Waals surface area contributed by atoms with E-state index in [1.807, 2.05) is 29.2 Å². The Morgan fingerprint density at radius 2 is 1.82 bits per heavy atom. The summed E-state index contributed by atoms with van der Waals surface area (Å²) in [5, 5.41) is 14.8. The van der Waals surface area contributed by atoms with E-state index in [-0.39, 0.29) is 18.8 Å². The minimum atomic E-state index is -4.43. The van der Waals surface area contributed by atoms with Crippen LogP contribution in [0.4, 0.5) is 4.39 Å². The first-order chi connectivity index (χ1) is 20.9. The Kier molecular flexibility index (Phi) is 9.14. The number of aliphatic hydroxyl groups excluding tert-OH is 1. The van der Waals surface area contributed by atoms with E-state index >= 15 is 0 Å². The third kappa shape index (κ3) is 7.15. The van der Waals surface area contributed by atoms with Gasteiger partial charge >= 0.3 is 19.4 Å². The second-order valence-corrected chi connectivity index (χ2v) is 12.4. The van der Waals surface area contributed by atoms with Crippen LogP contribution in [0.15, 0.2) is 88.6 Å². The van der Waals surface area contributed by atoms with E-state index in [1.165, 1.54) is 13.8 Å². The molecule has 1 aliphatic heterocycles. The van der Waals surface area contributed by atoms with Crippen molar-refractivity contribution in [2.45, 2.75) is 50.8 Å². The Labute approximate surface area is 250 Å². The van der Waals surface area contributed by atoms with Gasteiger partial charge in [-0.2, -0.15) is 9.48 Å². The lowest BCUT2D eigenvalue weighted by Gasteiger charge is -2.30. The molecule has 14 heteroatoms. The van der Waals surface area contributed by atoms with Crippen LogP contribution in [-0.2, 0) is 30.0 Å². The third-order valence-electron chi connectivity index (χ3n) is 6.96. The van der Waals surface area contributed by atoms with Crippen molar-refractivity contribution < 1.29 is 37.4 Å². The zero-order valence-electron chi connectivity index (χ0n) is 23.8. The molecule has 1 saturated heterocycles. The quantitative estimate of drug-likeness (QED) is 0.165. The van der Waals surface area contributed by atoms with Gasteiger partial charge in [-0.1, -0.05) is 66.7 Å². The van der Waals surface area contributed by atoms with Crippen LogP contribution >= 0.6 is 7.75 Å². The maximum absolute atomic E-state index is 14.3. The molecule has 232 valence electrons. The summed E-state index contributed by atoms with van der Waals surface area (Å²) < 4.78 is 51.9. The van der Waals surface area contributed by atoms with Crippen LogP contribution in [0.2, 0.25) is 0 Å². The number of ether oxygens (including phenoxy) is 2. The van der Waals surface area contributed by atoms with Crippen LogP contribution < -0.4 is 20.9 Å². The molecule has 44 heavy (non-hydrogen) atoms. The molecular weight excluding hydrogens is 596 g/mol. The number of hydrogen-bond donors (Lipinski definition) is 3. The first-order valence-electron chi connectivity index (χ1n) is 13.7. The number of H-pyrrole nitrogens is 1. The minimum Gasteiger partial charge on any atom is -0.459 e. The number of hydrogen-bond acceptors (Lipinski definition) is 9. The highest BCUT2D eigenvalue weighted by Gasteiger charge is 2.43. The van der Waals surface area contributed by atoms with Gasteiger partial charge in [0, 0.05) is 11.8 Å². The maximum Gasteiger partial charge on any atom is 0.459 e. The van der Waals surface area contributed by atoms with Gasteiger partial charge in [-0.15, -0.1) is 0 Å². The van der Waals surface area contributed by atoms with Crippen LogP contribution in [0.25, 0.3) is 10.8 Å². The van der Waals surface area contributed by atoms with Gasteiger partial charge in [0.15, 0.2) is 0 Å². The predicted molar refractivity (Wildman–Crippen MR) is 157 cm³/mol. The fourth-order valence-corrected chi connectivity index (χ4v) is 6.36. The number of aromatic nitrogens is 2. The molecule has 2 unspecified atom stereocenters. The van der Waals surface area contributed by atoms with Gasteiger partial charge in [0.1, 0.15) is 30.2 Å². The molecule has 0 radical (unpaired) electrons. The summed E-state index contributed by atoms with van der Waals surface area (Å²) in [5.74, 6) is -1.74. The SMILES string of the molecule is CC(C)(NP(=O)(OC[C@H]1O[C@@H](n2cc(F)c(=O)[nH]c2=O)CC1O)Oc1cccc2ccccc12)C(=O)OCc1ccccc1. The normalized spacial score (nSPS) is 19.9. The van der Waals surface area contributed by atoms with Crippen molar-refractivity contribution in [2.24, 2.45) is 0 Å². The Morgan fingerprint density at radius 3 is 2.59 bits per heavy atom. The van der Waals surface area contributed by atoms with E-state index in [0.29, 0.717) is 11.6 Å². The van der Waals surface area contributed by atoms with Gasteiger partial charge in [-0.3, -0.25) is 23.7 Å². The molecule has 2 heterocycles. The van der Waals surface area contributed by atoms with Crippen molar-refractivity contribution in [1.82, 2.24) is 14.6 Å². The monoisotopic (exact) mass is 627 g/mol. The fourth-order valence-electron chi connectivity index (χ4n) is 4.66. The number of carbonyl (C=O) groups is 1. The Bertz CT molecular complexity index is 1810. The zero-order chi connectivity index (χ0) is 31.5. The number of carbonyl (C=O) groups excluding carboxylic acids is 1. The number of nitrogens with one attached hydrogen (secondary N) is 2. The lowest BCUT2D eigenvalue weighted by Crippen LogP contribution is -2.47. The van der Waals surface area contributed by atoms with Crippen molar-refractivity contribution in [3.63, 3.8) is 0 Å². The summed E-state index contributed by atoms with van der Waals surface area (Å²) in [5.41, 5.74) is -2.94. The average molecular weight is 628 g/mol. The smallest absolute Gasteiger partial charge is 0.459 e. The van der Waals surface area contributed by atoms with Crippen molar-refractivity contribution in [3.8, 4) is 5.75 Å². The molecule has 0 aliphatic carbocycles. The van der Waals surface area contributed by atoms with Crippen molar-refractivity contribution in [3.05, 3.63) is 111 Å². The fraction of sp³-hybridized carbons (Fsp3) is 0.300. The number of halogens is 1. The van der Waals surface area contributed by atoms with Gasteiger partial charge in [0.2, 0.25) is 5.82 Å². The summed E-state index contributed by atoms with van der Waals surface area (Å²) in [4.78, 5) is 38.6. The molecule has 5 rings (SSSR count). The van der Waals surface area contributed by atoms with Crippen LogP contribution in [-0.4, -0.2) is 45.0 Å². The third-order valence-corrected chi connectivity index (χ3v) is 8.71. The first-order valence-corrected chi connectivity index (χ1v) is 15.3. The molecular formula is C30H31FN3O9P. The van der Waals surface area contributed by atoms with Crippen molar-refractivity contribution in [2.75, 3.05) is 6.61 Å². The lowest BCUT2D eigenvalue weighted by molar-refractivity contribution is -0.151. The van der Waals surface area contributed by atoms with E-state index in [0.717, 1.165) is 15.5 Å². The number of aliphatic hydroxyl groups is 1. The van der Waals surface area contributed by atoms with Crippen LogP contribution in [0, 0.1) is 5.82 Å². The van der Waals surface area contributed by atoms with Crippen LogP contribution in [0.5, 0.6) is 5.75 Å². The summed E-state index contributed by atoms with van der Waals surface area (Å²) in [6.07, 6.45) is -2.98. The molecule has 12 nitrogen and oxygen atoms in total. The Hall–Kier alpha value is -4.13. The van der Waals surface area contributed by atoms with Gasteiger partial charge < -0.3 is 19.1 Å². The molecule has 0 spiro atoms. The first kappa shape index (κ1) is 31.3. The maximum atomic E-state index is 14.3. The number of nitrogens with zero attached hydrogens (tertiary/aromatic N) is 1.